The van der Waals surface area contributed by atoms with E-state index < -0.39 is 26.1 Å². The standard InChI is InChI=1S/C14H27NO4S/c1-6-10(2)14(5,17)9-15-12(16)13(3,4)20(18,19)11-7-8-11/h10-11,17H,6-9H2,1-5H3,(H,15,16). The van der Waals surface area contributed by atoms with Crippen LogP contribution in [-0.2, 0) is 14.6 Å². The van der Waals surface area contributed by atoms with Crippen LogP contribution in [0.25, 0.3) is 0 Å². The maximum atomic E-state index is 12.2. The van der Waals surface area contributed by atoms with Crippen LogP contribution >= 0.6 is 0 Å². The van der Waals surface area contributed by atoms with E-state index in [9.17, 15) is 18.3 Å². The Bertz CT molecular complexity index is 464. The highest BCUT2D eigenvalue weighted by Gasteiger charge is 2.50. The maximum absolute atomic E-state index is 12.2. The second-order valence-electron chi connectivity index (χ2n) is 6.60. The molecule has 118 valence electrons. The molecular weight excluding hydrogens is 278 g/mol. The highest BCUT2D eigenvalue weighted by molar-refractivity contribution is 7.94. The topological polar surface area (TPSA) is 83.5 Å². The Hall–Kier alpha value is -0.620. The van der Waals surface area contributed by atoms with Gasteiger partial charge in [-0.1, -0.05) is 20.3 Å². The van der Waals surface area contributed by atoms with Gasteiger partial charge in [0.25, 0.3) is 0 Å². The van der Waals surface area contributed by atoms with Crippen molar-refractivity contribution >= 4 is 15.7 Å². The number of rotatable bonds is 7. The van der Waals surface area contributed by atoms with Crippen molar-refractivity contribution in [1.29, 1.82) is 0 Å². The highest BCUT2D eigenvalue weighted by Crippen LogP contribution is 2.36. The van der Waals surface area contributed by atoms with Crippen molar-refractivity contribution in [3.63, 3.8) is 0 Å². The van der Waals surface area contributed by atoms with Gasteiger partial charge in [-0.2, -0.15) is 0 Å². The Labute approximate surface area is 122 Å². The van der Waals surface area contributed by atoms with Gasteiger partial charge in [0, 0.05) is 6.54 Å². The molecule has 1 amide bonds. The fourth-order valence-electron chi connectivity index (χ4n) is 2.01. The lowest BCUT2D eigenvalue weighted by atomic mass is 9.88. The molecule has 5 nitrogen and oxygen atoms in total. The molecule has 2 unspecified atom stereocenters. The summed E-state index contributed by atoms with van der Waals surface area (Å²) in [6.45, 7) is 8.46. The molecule has 0 aromatic heterocycles. The van der Waals surface area contributed by atoms with E-state index in [2.05, 4.69) is 5.32 Å². The van der Waals surface area contributed by atoms with E-state index in [-0.39, 0.29) is 17.7 Å². The molecular formula is C14H27NO4S. The Morgan fingerprint density at radius 3 is 2.25 bits per heavy atom. The molecule has 1 saturated carbocycles. The minimum absolute atomic E-state index is 0.0194. The van der Waals surface area contributed by atoms with Gasteiger partial charge in [-0.05, 0) is 39.5 Å². The van der Waals surface area contributed by atoms with Crippen LogP contribution in [0, 0.1) is 5.92 Å². The summed E-state index contributed by atoms with van der Waals surface area (Å²) in [5, 5.41) is 12.5. The van der Waals surface area contributed by atoms with Gasteiger partial charge in [0.15, 0.2) is 9.84 Å². The molecule has 0 radical (unpaired) electrons. The van der Waals surface area contributed by atoms with Crippen LogP contribution < -0.4 is 5.32 Å². The molecule has 1 fully saturated rings. The molecule has 1 aliphatic rings. The summed E-state index contributed by atoms with van der Waals surface area (Å²) < 4.78 is 23.0. The van der Waals surface area contributed by atoms with Crippen molar-refractivity contribution in [2.45, 2.75) is 69.5 Å². The third kappa shape index (κ3) is 3.34. The SMILES string of the molecule is CCC(C)C(C)(O)CNC(=O)C(C)(C)S(=O)(=O)C1CC1. The minimum Gasteiger partial charge on any atom is -0.388 e. The summed E-state index contributed by atoms with van der Waals surface area (Å²) in [5.74, 6) is -0.515. The molecule has 1 rings (SSSR count). The number of amides is 1. The first kappa shape index (κ1) is 17.4. The van der Waals surface area contributed by atoms with Crippen molar-refractivity contribution < 1.29 is 18.3 Å². The summed E-state index contributed by atoms with van der Waals surface area (Å²) in [7, 11) is -3.45. The fraction of sp³-hybridized carbons (Fsp3) is 0.929. The molecule has 6 heteroatoms. The van der Waals surface area contributed by atoms with Gasteiger partial charge in [-0.15, -0.1) is 0 Å². The largest absolute Gasteiger partial charge is 0.388 e. The first-order valence-electron chi connectivity index (χ1n) is 7.21. The van der Waals surface area contributed by atoms with E-state index in [1.807, 2.05) is 13.8 Å². The van der Waals surface area contributed by atoms with E-state index in [1.165, 1.54) is 13.8 Å². The summed E-state index contributed by atoms with van der Waals surface area (Å²) in [6, 6.07) is 0. The molecule has 1 aliphatic carbocycles. The second kappa shape index (κ2) is 5.64. The molecule has 20 heavy (non-hydrogen) atoms. The molecule has 0 spiro atoms. The van der Waals surface area contributed by atoms with Crippen molar-refractivity contribution in [2.24, 2.45) is 5.92 Å². The third-order valence-electron chi connectivity index (χ3n) is 4.50. The van der Waals surface area contributed by atoms with Crippen LogP contribution in [0.3, 0.4) is 0 Å². The number of aliphatic hydroxyl groups is 1. The van der Waals surface area contributed by atoms with Crippen molar-refractivity contribution in [2.75, 3.05) is 6.54 Å². The fourth-order valence-corrected chi connectivity index (χ4v) is 3.93. The van der Waals surface area contributed by atoms with Gasteiger partial charge >= 0.3 is 0 Å². The zero-order chi connectivity index (χ0) is 15.8. The van der Waals surface area contributed by atoms with Crippen LogP contribution in [0.5, 0.6) is 0 Å². The second-order valence-corrected chi connectivity index (χ2v) is 9.38. The van der Waals surface area contributed by atoms with Crippen LogP contribution in [0.2, 0.25) is 0 Å². The lowest BCUT2D eigenvalue weighted by molar-refractivity contribution is -0.124. The van der Waals surface area contributed by atoms with E-state index in [0.29, 0.717) is 12.8 Å². The van der Waals surface area contributed by atoms with E-state index in [0.717, 1.165) is 6.42 Å². The Kier molecular flexibility index (Phi) is 4.91. The molecule has 0 bridgehead atoms. The smallest absolute Gasteiger partial charge is 0.240 e. The number of carbonyl (C=O) groups excluding carboxylic acids is 1. The van der Waals surface area contributed by atoms with Gasteiger partial charge in [0.05, 0.1) is 10.9 Å². The monoisotopic (exact) mass is 305 g/mol. The molecule has 0 heterocycles. The molecule has 2 N–H and O–H groups in total. The molecule has 0 aromatic carbocycles. The van der Waals surface area contributed by atoms with E-state index in [4.69, 9.17) is 0 Å². The molecule has 0 aliphatic heterocycles. The predicted octanol–water partition coefficient (Wildman–Crippen LogP) is 1.26. The van der Waals surface area contributed by atoms with E-state index >= 15 is 0 Å². The first-order valence-corrected chi connectivity index (χ1v) is 8.75. The van der Waals surface area contributed by atoms with Crippen LogP contribution in [0.4, 0.5) is 0 Å². The Morgan fingerprint density at radius 1 is 1.35 bits per heavy atom. The zero-order valence-electron chi connectivity index (χ0n) is 13.1. The number of carbonyl (C=O) groups is 1. The Balaban J connectivity index is 2.71. The average Bonchev–Trinajstić information content (AvgIpc) is 3.18. The summed E-state index contributed by atoms with van der Waals surface area (Å²) in [4.78, 5) is 12.2. The zero-order valence-corrected chi connectivity index (χ0v) is 13.9. The number of sulfone groups is 1. The lowest BCUT2D eigenvalue weighted by Gasteiger charge is -2.32. The molecule has 2 atom stereocenters. The quantitative estimate of drug-likeness (QED) is 0.741. The summed E-state index contributed by atoms with van der Waals surface area (Å²) in [6.07, 6.45) is 2.07. The first-order chi connectivity index (χ1) is 8.96. The van der Waals surface area contributed by atoms with Gasteiger partial charge < -0.3 is 10.4 Å². The average molecular weight is 305 g/mol. The lowest BCUT2D eigenvalue weighted by Crippen LogP contribution is -2.53. The van der Waals surface area contributed by atoms with Crippen LogP contribution in [-0.4, -0.2) is 41.6 Å². The van der Waals surface area contributed by atoms with Gasteiger partial charge in [0.1, 0.15) is 4.75 Å². The third-order valence-corrected chi connectivity index (χ3v) is 7.46. The predicted molar refractivity (Wildman–Crippen MR) is 79.1 cm³/mol. The van der Waals surface area contributed by atoms with Gasteiger partial charge in [-0.25, -0.2) is 8.42 Å². The maximum Gasteiger partial charge on any atom is 0.240 e. The number of hydrogen-bond acceptors (Lipinski definition) is 4. The van der Waals surface area contributed by atoms with Gasteiger partial charge in [-0.3, -0.25) is 4.79 Å². The van der Waals surface area contributed by atoms with Crippen molar-refractivity contribution in [3.8, 4) is 0 Å². The van der Waals surface area contributed by atoms with Crippen LogP contribution in [0.15, 0.2) is 0 Å². The van der Waals surface area contributed by atoms with Crippen LogP contribution in [0.1, 0.15) is 53.9 Å². The normalized spacial score (nSPS) is 21.1. The van der Waals surface area contributed by atoms with E-state index in [1.54, 1.807) is 6.92 Å². The Morgan fingerprint density at radius 2 is 1.85 bits per heavy atom. The van der Waals surface area contributed by atoms with Crippen molar-refractivity contribution in [1.82, 2.24) is 5.32 Å². The minimum atomic E-state index is -3.45. The number of nitrogens with one attached hydrogen (secondary N) is 1. The summed E-state index contributed by atoms with van der Waals surface area (Å²) in [5.41, 5.74) is -1.04. The molecule has 0 saturated heterocycles. The summed E-state index contributed by atoms with van der Waals surface area (Å²) >= 11 is 0. The number of hydrogen-bond donors (Lipinski definition) is 2. The molecule has 0 aromatic rings. The highest BCUT2D eigenvalue weighted by atomic mass is 32.2. The van der Waals surface area contributed by atoms with Gasteiger partial charge in [0.2, 0.25) is 5.91 Å². The van der Waals surface area contributed by atoms with Crippen molar-refractivity contribution in [3.05, 3.63) is 0 Å².